The molecule has 0 bridgehead atoms. The maximum absolute atomic E-state index is 12.5. The van der Waals surface area contributed by atoms with Gasteiger partial charge in [0.15, 0.2) is 5.60 Å². The lowest BCUT2D eigenvalue weighted by Crippen LogP contribution is -2.41. The summed E-state index contributed by atoms with van der Waals surface area (Å²) in [7, 11) is 0. The van der Waals surface area contributed by atoms with Crippen LogP contribution >= 0.6 is 22.7 Å². The van der Waals surface area contributed by atoms with E-state index in [0.29, 0.717) is 16.2 Å². The van der Waals surface area contributed by atoms with Crippen molar-refractivity contribution in [2.24, 2.45) is 0 Å². The highest BCUT2D eigenvalue weighted by atomic mass is 32.1. The molecule has 25 heavy (non-hydrogen) atoms. The molecule has 0 saturated heterocycles. The van der Waals surface area contributed by atoms with Crippen LogP contribution < -0.4 is 5.32 Å². The molecule has 0 fully saturated rings. The van der Waals surface area contributed by atoms with Crippen molar-refractivity contribution in [2.45, 2.75) is 5.60 Å². The van der Waals surface area contributed by atoms with Gasteiger partial charge in [0, 0.05) is 10.4 Å². The van der Waals surface area contributed by atoms with Crippen LogP contribution in [0.2, 0.25) is 0 Å². The topological polar surface area (TPSA) is 75.4 Å². The Bertz CT molecular complexity index is 956. The minimum absolute atomic E-state index is 0.0145. The van der Waals surface area contributed by atoms with E-state index in [1.807, 2.05) is 23.6 Å². The molecule has 126 valence electrons. The van der Waals surface area contributed by atoms with E-state index in [9.17, 15) is 9.90 Å². The van der Waals surface area contributed by atoms with Crippen molar-refractivity contribution in [1.29, 1.82) is 0 Å². The maximum atomic E-state index is 12.5. The second kappa shape index (κ2) is 6.44. The fraction of sp³-hybridized carbons (Fsp3) is 0.111. The van der Waals surface area contributed by atoms with Gasteiger partial charge in [-0.1, -0.05) is 6.07 Å². The van der Waals surface area contributed by atoms with Crippen molar-refractivity contribution in [3.63, 3.8) is 0 Å². The molecule has 5 nitrogen and oxygen atoms in total. The number of fused-ring (bicyclic) bond motifs is 1. The minimum Gasteiger partial charge on any atom is -0.466 e. The first kappa shape index (κ1) is 16.0. The zero-order valence-electron chi connectivity index (χ0n) is 13.0. The first-order chi connectivity index (χ1) is 12.2. The van der Waals surface area contributed by atoms with E-state index in [2.05, 4.69) is 10.3 Å². The normalized spacial score (nSPS) is 13.6. The van der Waals surface area contributed by atoms with Gasteiger partial charge in [-0.2, -0.15) is 0 Å². The summed E-state index contributed by atoms with van der Waals surface area (Å²) in [4.78, 5) is 17.4. The lowest BCUT2D eigenvalue weighted by Gasteiger charge is -2.25. The number of furan rings is 1. The molecular weight excluding hydrogens is 356 g/mol. The van der Waals surface area contributed by atoms with E-state index in [1.54, 1.807) is 29.8 Å². The fourth-order valence-electron chi connectivity index (χ4n) is 2.63. The Morgan fingerprint density at radius 3 is 2.92 bits per heavy atom. The molecule has 1 amide bonds. The standard InChI is InChI=1S/C18H14N2O3S2/c21-17(12-5-6-13-14(9-12)25-11-20-13)19-10-18(22,15-3-1-7-23-15)16-4-2-8-24-16/h1-9,11,22H,10H2,(H,19,21). The monoisotopic (exact) mass is 370 g/mol. The quantitative estimate of drug-likeness (QED) is 0.563. The SMILES string of the molecule is O=C(NCC(O)(c1ccco1)c1cccs1)c1ccc2ncsc2c1. The van der Waals surface area contributed by atoms with Gasteiger partial charge in [0.1, 0.15) is 5.76 Å². The summed E-state index contributed by atoms with van der Waals surface area (Å²) in [6, 6.07) is 12.4. The number of carbonyl (C=O) groups excluding carboxylic acids is 1. The maximum Gasteiger partial charge on any atom is 0.251 e. The van der Waals surface area contributed by atoms with Crippen molar-refractivity contribution in [1.82, 2.24) is 10.3 Å². The van der Waals surface area contributed by atoms with E-state index in [-0.39, 0.29) is 12.5 Å². The zero-order valence-corrected chi connectivity index (χ0v) is 14.6. The third kappa shape index (κ3) is 2.97. The molecule has 4 rings (SSSR count). The van der Waals surface area contributed by atoms with Crippen molar-refractivity contribution >= 4 is 38.8 Å². The van der Waals surface area contributed by atoms with E-state index < -0.39 is 5.60 Å². The Labute approximate surface area is 151 Å². The molecule has 0 aliphatic carbocycles. The number of thiazole rings is 1. The van der Waals surface area contributed by atoms with Crippen LogP contribution in [0.15, 0.2) is 64.0 Å². The molecule has 4 aromatic rings. The summed E-state index contributed by atoms with van der Waals surface area (Å²) < 4.78 is 6.36. The highest BCUT2D eigenvalue weighted by Crippen LogP contribution is 2.32. The van der Waals surface area contributed by atoms with Crippen molar-refractivity contribution in [2.75, 3.05) is 6.54 Å². The van der Waals surface area contributed by atoms with Crippen LogP contribution in [-0.2, 0) is 5.60 Å². The van der Waals surface area contributed by atoms with E-state index in [4.69, 9.17) is 4.42 Å². The molecule has 1 atom stereocenters. The first-order valence-electron chi connectivity index (χ1n) is 7.58. The molecule has 0 aliphatic heterocycles. The molecule has 3 aromatic heterocycles. The van der Waals surface area contributed by atoms with Gasteiger partial charge in [-0.05, 0) is 41.8 Å². The number of thiophene rings is 1. The number of aromatic nitrogens is 1. The van der Waals surface area contributed by atoms with Gasteiger partial charge in [-0.15, -0.1) is 22.7 Å². The molecule has 7 heteroatoms. The summed E-state index contributed by atoms with van der Waals surface area (Å²) in [6.07, 6.45) is 1.51. The van der Waals surface area contributed by atoms with E-state index >= 15 is 0 Å². The van der Waals surface area contributed by atoms with Gasteiger partial charge < -0.3 is 14.8 Å². The number of hydrogen-bond acceptors (Lipinski definition) is 6. The van der Waals surface area contributed by atoms with Gasteiger partial charge >= 0.3 is 0 Å². The summed E-state index contributed by atoms with van der Waals surface area (Å²) in [5.74, 6) is 0.144. The Kier molecular flexibility index (Phi) is 4.12. The Morgan fingerprint density at radius 1 is 1.24 bits per heavy atom. The Balaban J connectivity index is 1.58. The number of nitrogens with zero attached hydrogens (tertiary/aromatic N) is 1. The summed E-state index contributed by atoms with van der Waals surface area (Å²) in [5, 5.41) is 15.9. The minimum atomic E-state index is -1.40. The van der Waals surface area contributed by atoms with Crippen LogP contribution in [0.25, 0.3) is 10.2 Å². The molecule has 1 aromatic carbocycles. The first-order valence-corrected chi connectivity index (χ1v) is 9.34. The number of hydrogen-bond donors (Lipinski definition) is 2. The van der Waals surface area contributed by atoms with Crippen LogP contribution in [0.3, 0.4) is 0 Å². The largest absolute Gasteiger partial charge is 0.466 e. The molecule has 0 radical (unpaired) electrons. The number of amides is 1. The van der Waals surface area contributed by atoms with E-state index in [1.165, 1.54) is 28.9 Å². The van der Waals surface area contributed by atoms with Crippen LogP contribution in [-0.4, -0.2) is 22.5 Å². The molecule has 1 unspecified atom stereocenters. The summed E-state index contributed by atoms with van der Waals surface area (Å²) >= 11 is 2.90. The summed E-state index contributed by atoms with van der Waals surface area (Å²) in [5.41, 5.74) is 1.75. The van der Waals surface area contributed by atoms with Crippen molar-refractivity contribution < 1.29 is 14.3 Å². The molecule has 3 heterocycles. The summed E-state index contributed by atoms with van der Waals surface area (Å²) in [6.45, 7) is 0.0145. The third-order valence-electron chi connectivity index (χ3n) is 3.96. The van der Waals surface area contributed by atoms with Crippen molar-refractivity contribution in [3.8, 4) is 0 Å². The predicted octanol–water partition coefficient (Wildman–Crippen LogP) is 3.62. The zero-order chi connectivity index (χ0) is 17.3. The molecule has 0 aliphatic rings. The van der Waals surface area contributed by atoms with Gasteiger partial charge in [0.25, 0.3) is 5.91 Å². The lowest BCUT2D eigenvalue weighted by atomic mass is 9.98. The average molecular weight is 370 g/mol. The number of aliphatic hydroxyl groups is 1. The average Bonchev–Trinajstić information content (AvgIpc) is 3.40. The Morgan fingerprint density at radius 2 is 2.16 bits per heavy atom. The second-order valence-electron chi connectivity index (χ2n) is 5.53. The van der Waals surface area contributed by atoms with Gasteiger partial charge in [-0.25, -0.2) is 4.98 Å². The van der Waals surface area contributed by atoms with Crippen molar-refractivity contribution in [3.05, 3.63) is 75.8 Å². The number of rotatable bonds is 5. The van der Waals surface area contributed by atoms with Crippen LogP contribution in [0.1, 0.15) is 21.0 Å². The number of benzene rings is 1. The second-order valence-corrected chi connectivity index (χ2v) is 7.37. The van der Waals surface area contributed by atoms with Crippen LogP contribution in [0.5, 0.6) is 0 Å². The van der Waals surface area contributed by atoms with Gasteiger partial charge in [0.2, 0.25) is 0 Å². The highest BCUT2D eigenvalue weighted by molar-refractivity contribution is 7.16. The van der Waals surface area contributed by atoms with Gasteiger partial charge in [0.05, 0.1) is 28.5 Å². The smallest absolute Gasteiger partial charge is 0.251 e. The van der Waals surface area contributed by atoms with Crippen LogP contribution in [0, 0.1) is 0 Å². The third-order valence-corrected chi connectivity index (χ3v) is 5.77. The van der Waals surface area contributed by atoms with Crippen LogP contribution in [0.4, 0.5) is 0 Å². The number of nitrogens with one attached hydrogen (secondary N) is 1. The number of carbonyl (C=O) groups is 1. The Hall–Kier alpha value is -2.48. The van der Waals surface area contributed by atoms with E-state index in [0.717, 1.165) is 10.2 Å². The molecule has 0 saturated carbocycles. The predicted molar refractivity (Wildman–Crippen MR) is 98.0 cm³/mol. The lowest BCUT2D eigenvalue weighted by molar-refractivity contribution is 0.0554. The highest BCUT2D eigenvalue weighted by Gasteiger charge is 2.36. The van der Waals surface area contributed by atoms with Gasteiger partial charge in [-0.3, -0.25) is 4.79 Å². The molecule has 2 N–H and O–H groups in total. The molecular formula is C18H14N2O3S2. The molecule has 0 spiro atoms. The fourth-order valence-corrected chi connectivity index (χ4v) is 4.17.